The maximum atomic E-state index is 12.7. The van der Waals surface area contributed by atoms with Crippen LogP contribution in [-0.4, -0.2) is 73.9 Å². The summed E-state index contributed by atoms with van der Waals surface area (Å²) in [4.78, 5) is 25.0. The molecule has 0 radical (unpaired) electrons. The van der Waals surface area contributed by atoms with Crippen LogP contribution in [0.5, 0.6) is 5.75 Å². The van der Waals surface area contributed by atoms with Crippen LogP contribution in [0.15, 0.2) is 57.8 Å². The molecule has 0 aliphatic carbocycles. The molecule has 0 unspecified atom stereocenters. The normalized spacial score (nSPS) is 14.2. The molecule has 190 valence electrons. The number of methoxy groups -OCH3 is 1. The van der Waals surface area contributed by atoms with Crippen LogP contribution in [-0.2, 0) is 19.6 Å². The zero-order valence-electron chi connectivity index (χ0n) is 19.2. The Morgan fingerprint density at radius 3 is 2.53 bits per heavy atom. The van der Waals surface area contributed by atoms with E-state index in [1.54, 1.807) is 18.2 Å². The highest BCUT2D eigenvalue weighted by molar-refractivity contribution is 8.01. The van der Waals surface area contributed by atoms with E-state index in [-0.39, 0.29) is 27.3 Å². The molecule has 3 aromatic rings. The molecule has 1 aliphatic rings. The highest BCUT2D eigenvalue weighted by atomic mass is 32.2. The highest BCUT2D eigenvalue weighted by Crippen LogP contribution is 2.27. The summed E-state index contributed by atoms with van der Waals surface area (Å²) in [6.45, 7) is 1.30. The van der Waals surface area contributed by atoms with Crippen molar-refractivity contribution in [3.63, 3.8) is 0 Å². The third-order valence-electron chi connectivity index (χ3n) is 5.06. The molecule has 11 nitrogen and oxygen atoms in total. The minimum atomic E-state index is -3.64. The van der Waals surface area contributed by atoms with E-state index in [9.17, 15) is 18.0 Å². The van der Waals surface area contributed by atoms with Crippen molar-refractivity contribution in [2.45, 2.75) is 9.24 Å². The average molecular weight is 550 g/mol. The SMILES string of the molecule is COc1ccccc1NC(=O)CSc1nnc(NC(=O)c2ccc(S(=O)(=O)N3CCOCC3)cc2)s1. The number of nitrogens with one attached hydrogen (secondary N) is 2. The maximum absolute atomic E-state index is 12.7. The summed E-state index contributed by atoms with van der Waals surface area (Å²) < 4.78 is 37.7. The molecule has 1 fully saturated rings. The van der Waals surface area contributed by atoms with Crippen molar-refractivity contribution >= 4 is 55.8 Å². The Morgan fingerprint density at radius 2 is 1.81 bits per heavy atom. The fourth-order valence-corrected chi connectivity index (χ4v) is 6.22. The topological polar surface area (TPSA) is 140 Å². The van der Waals surface area contributed by atoms with Gasteiger partial charge >= 0.3 is 0 Å². The van der Waals surface area contributed by atoms with Gasteiger partial charge in [0.05, 0.1) is 36.7 Å². The van der Waals surface area contributed by atoms with Crippen LogP contribution in [0.1, 0.15) is 10.4 Å². The van der Waals surface area contributed by atoms with Gasteiger partial charge in [-0.3, -0.25) is 14.9 Å². The van der Waals surface area contributed by atoms with Gasteiger partial charge in [0.15, 0.2) is 4.34 Å². The first-order valence-corrected chi connectivity index (χ1v) is 14.0. The van der Waals surface area contributed by atoms with E-state index in [4.69, 9.17) is 9.47 Å². The molecule has 0 saturated carbocycles. The van der Waals surface area contributed by atoms with Gasteiger partial charge in [0, 0.05) is 18.7 Å². The lowest BCUT2D eigenvalue weighted by Gasteiger charge is -2.26. The van der Waals surface area contributed by atoms with E-state index in [1.807, 2.05) is 6.07 Å². The number of rotatable bonds is 9. The summed E-state index contributed by atoms with van der Waals surface area (Å²) in [7, 11) is -2.11. The van der Waals surface area contributed by atoms with Crippen LogP contribution in [0.3, 0.4) is 0 Å². The Bertz CT molecular complexity index is 1320. The molecule has 14 heteroatoms. The van der Waals surface area contributed by atoms with Crippen molar-refractivity contribution in [3.8, 4) is 5.75 Å². The van der Waals surface area contributed by atoms with Gasteiger partial charge in [-0.1, -0.05) is 35.2 Å². The Labute approximate surface area is 216 Å². The van der Waals surface area contributed by atoms with Crippen molar-refractivity contribution < 1.29 is 27.5 Å². The van der Waals surface area contributed by atoms with Crippen LogP contribution in [0.25, 0.3) is 0 Å². The molecular weight excluding hydrogens is 526 g/mol. The molecule has 2 N–H and O–H groups in total. The smallest absolute Gasteiger partial charge is 0.257 e. The number of sulfonamides is 1. The number of hydrogen-bond acceptors (Lipinski definition) is 10. The number of thioether (sulfide) groups is 1. The van der Waals surface area contributed by atoms with Crippen LogP contribution in [0, 0.1) is 0 Å². The number of benzene rings is 2. The van der Waals surface area contributed by atoms with Crippen molar-refractivity contribution in [2.24, 2.45) is 0 Å². The fraction of sp³-hybridized carbons (Fsp3) is 0.273. The van der Waals surface area contributed by atoms with E-state index in [0.29, 0.717) is 42.1 Å². The Hall–Kier alpha value is -3.04. The molecule has 4 rings (SSSR count). The average Bonchev–Trinajstić information content (AvgIpc) is 3.35. The lowest BCUT2D eigenvalue weighted by Crippen LogP contribution is -2.40. The number of para-hydroxylation sites is 2. The minimum absolute atomic E-state index is 0.0969. The van der Waals surface area contributed by atoms with Gasteiger partial charge in [-0.2, -0.15) is 4.31 Å². The molecular formula is C22H23N5O6S3. The number of amides is 2. The molecule has 2 heterocycles. The molecule has 1 saturated heterocycles. The van der Waals surface area contributed by atoms with E-state index in [2.05, 4.69) is 20.8 Å². The summed E-state index contributed by atoms with van der Waals surface area (Å²) in [5.41, 5.74) is 0.844. The molecule has 0 bridgehead atoms. The molecule has 0 spiro atoms. The first kappa shape index (κ1) is 26.0. The lowest BCUT2D eigenvalue weighted by atomic mass is 10.2. The van der Waals surface area contributed by atoms with Crippen molar-refractivity contribution in [2.75, 3.05) is 49.8 Å². The lowest BCUT2D eigenvalue weighted by molar-refractivity contribution is -0.113. The van der Waals surface area contributed by atoms with E-state index in [0.717, 1.165) is 11.3 Å². The summed E-state index contributed by atoms with van der Waals surface area (Å²) in [6.07, 6.45) is 0. The second-order valence-electron chi connectivity index (χ2n) is 7.41. The first-order valence-electron chi connectivity index (χ1n) is 10.8. The number of anilines is 2. The molecule has 1 aromatic heterocycles. The van der Waals surface area contributed by atoms with Crippen molar-refractivity contribution in [1.29, 1.82) is 0 Å². The van der Waals surface area contributed by atoms with Gasteiger partial charge in [0.2, 0.25) is 21.1 Å². The maximum Gasteiger partial charge on any atom is 0.257 e. The Kier molecular flexibility index (Phi) is 8.53. The van der Waals surface area contributed by atoms with Gasteiger partial charge in [-0.05, 0) is 36.4 Å². The van der Waals surface area contributed by atoms with Crippen molar-refractivity contribution in [1.82, 2.24) is 14.5 Å². The van der Waals surface area contributed by atoms with Gasteiger partial charge in [0.25, 0.3) is 5.91 Å². The second kappa shape index (κ2) is 11.8. The van der Waals surface area contributed by atoms with E-state index in [1.165, 1.54) is 47.4 Å². The minimum Gasteiger partial charge on any atom is -0.495 e. The van der Waals surface area contributed by atoms with E-state index >= 15 is 0 Å². The molecule has 1 aliphatic heterocycles. The molecule has 2 amide bonds. The number of morpholine rings is 1. The number of ether oxygens (including phenoxy) is 2. The van der Waals surface area contributed by atoms with Crippen LogP contribution in [0.2, 0.25) is 0 Å². The number of aromatic nitrogens is 2. The van der Waals surface area contributed by atoms with Gasteiger partial charge in [-0.15, -0.1) is 10.2 Å². The highest BCUT2D eigenvalue weighted by Gasteiger charge is 2.26. The van der Waals surface area contributed by atoms with Crippen LogP contribution >= 0.6 is 23.1 Å². The summed E-state index contributed by atoms with van der Waals surface area (Å²) in [5, 5.41) is 13.6. The standard InChI is InChI=1S/C22H23N5O6S3/c1-32-18-5-3-2-4-17(18)23-19(28)14-34-22-26-25-21(35-22)24-20(29)15-6-8-16(9-7-15)36(30,31)27-10-12-33-13-11-27/h2-9H,10-14H2,1H3,(H,23,28)(H,24,25,29). The molecule has 0 atom stereocenters. The summed E-state index contributed by atoms with van der Waals surface area (Å²) >= 11 is 2.31. The van der Waals surface area contributed by atoms with Gasteiger partial charge in [-0.25, -0.2) is 8.42 Å². The van der Waals surface area contributed by atoms with Crippen LogP contribution in [0.4, 0.5) is 10.8 Å². The number of hydrogen-bond donors (Lipinski definition) is 2. The Morgan fingerprint density at radius 1 is 1.08 bits per heavy atom. The van der Waals surface area contributed by atoms with E-state index < -0.39 is 15.9 Å². The number of nitrogens with zero attached hydrogens (tertiary/aromatic N) is 3. The largest absolute Gasteiger partial charge is 0.495 e. The number of carbonyl (C=O) groups is 2. The first-order chi connectivity index (χ1) is 17.4. The van der Waals surface area contributed by atoms with Gasteiger partial charge < -0.3 is 14.8 Å². The monoisotopic (exact) mass is 549 g/mol. The molecule has 2 aromatic carbocycles. The Balaban J connectivity index is 1.30. The third kappa shape index (κ3) is 6.39. The summed E-state index contributed by atoms with van der Waals surface area (Å²) in [6, 6.07) is 12.8. The molecule has 36 heavy (non-hydrogen) atoms. The zero-order chi connectivity index (χ0) is 25.5. The zero-order valence-corrected chi connectivity index (χ0v) is 21.6. The fourth-order valence-electron chi connectivity index (χ4n) is 3.26. The van der Waals surface area contributed by atoms with Gasteiger partial charge in [0.1, 0.15) is 5.75 Å². The summed E-state index contributed by atoms with van der Waals surface area (Å²) in [5.74, 6) is -0.0347. The quantitative estimate of drug-likeness (QED) is 0.304. The second-order valence-corrected chi connectivity index (χ2v) is 11.5. The van der Waals surface area contributed by atoms with Crippen molar-refractivity contribution in [3.05, 3.63) is 54.1 Å². The predicted molar refractivity (Wildman–Crippen MR) is 136 cm³/mol. The predicted octanol–water partition coefficient (Wildman–Crippen LogP) is 2.55. The number of carbonyl (C=O) groups excluding carboxylic acids is 2. The third-order valence-corrected chi connectivity index (χ3v) is 8.94. The van der Waals surface area contributed by atoms with Crippen LogP contribution < -0.4 is 15.4 Å².